The fraction of sp³-hybridized carbons (Fsp3) is 0.667. The molecule has 0 spiro atoms. The predicted octanol–water partition coefficient (Wildman–Crippen LogP) is 3.45. The number of rotatable bonds is 6. The first-order valence-corrected chi connectivity index (χ1v) is 8.11. The maximum Gasteiger partial charge on any atom is 0.0110 e. The summed E-state index contributed by atoms with van der Waals surface area (Å²) in [7, 11) is 2.23. The van der Waals surface area contributed by atoms with Gasteiger partial charge in [-0.2, -0.15) is 0 Å². The Morgan fingerprint density at radius 3 is 2.20 bits per heavy atom. The molecule has 1 aromatic rings. The molecule has 0 radical (unpaired) electrons. The molecule has 1 unspecified atom stereocenters. The summed E-state index contributed by atoms with van der Waals surface area (Å²) in [6.45, 7) is 10.8. The third-order valence-corrected chi connectivity index (χ3v) is 4.44. The molecule has 1 saturated heterocycles. The monoisotopic (exact) mass is 274 g/mol. The Morgan fingerprint density at radius 2 is 1.60 bits per heavy atom. The van der Waals surface area contributed by atoms with Crippen molar-refractivity contribution in [3.63, 3.8) is 0 Å². The van der Waals surface area contributed by atoms with Crippen LogP contribution in [0.25, 0.3) is 0 Å². The van der Waals surface area contributed by atoms with Crippen LogP contribution >= 0.6 is 0 Å². The maximum atomic E-state index is 2.65. The Hall–Kier alpha value is -0.860. The fourth-order valence-electron chi connectivity index (χ4n) is 2.97. The highest BCUT2D eigenvalue weighted by atomic mass is 15.2. The Balaban J connectivity index is 1.95. The van der Waals surface area contributed by atoms with Crippen LogP contribution in [-0.4, -0.2) is 49.6 Å². The van der Waals surface area contributed by atoms with Crippen molar-refractivity contribution >= 4 is 0 Å². The Labute approximate surface area is 124 Å². The number of hydrogen-bond donors (Lipinski definition) is 0. The lowest BCUT2D eigenvalue weighted by Gasteiger charge is -2.35. The second-order valence-corrected chi connectivity index (χ2v) is 6.68. The zero-order chi connectivity index (χ0) is 14.4. The van der Waals surface area contributed by atoms with Crippen LogP contribution in [0.1, 0.15) is 38.2 Å². The first-order valence-electron chi connectivity index (χ1n) is 8.11. The molecule has 0 N–H and O–H groups in total. The normalized spacial score (nSPS) is 19.4. The quantitative estimate of drug-likeness (QED) is 0.784. The Morgan fingerprint density at radius 1 is 0.950 bits per heavy atom. The van der Waals surface area contributed by atoms with Gasteiger partial charge in [-0.1, -0.05) is 50.6 Å². The van der Waals surface area contributed by atoms with Gasteiger partial charge >= 0.3 is 0 Å². The van der Waals surface area contributed by atoms with E-state index < -0.39 is 0 Å². The number of likely N-dealkylation sites (N-methyl/N-ethyl adjacent to an activating group) is 1. The zero-order valence-electron chi connectivity index (χ0n) is 13.4. The van der Waals surface area contributed by atoms with Gasteiger partial charge in [0.2, 0.25) is 0 Å². The highest BCUT2D eigenvalue weighted by Crippen LogP contribution is 2.25. The number of piperazine rings is 1. The molecule has 1 atom stereocenters. The van der Waals surface area contributed by atoms with Gasteiger partial charge in [-0.15, -0.1) is 0 Å². The van der Waals surface area contributed by atoms with E-state index in [1.165, 1.54) is 51.1 Å². The van der Waals surface area contributed by atoms with E-state index in [1.807, 2.05) is 0 Å². The van der Waals surface area contributed by atoms with Gasteiger partial charge < -0.3 is 9.80 Å². The fourth-order valence-corrected chi connectivity index (χ4v) is 2.97. The van der Waals surface area contributed by atoms with E-state index in [0.29, 0.717) is 5.92 Å². The third-order valence-electron chi connectivity index (χ3n) is 4.44. The Bertz CT molecular complexity index is 366. The molecule has 1 heterocycles. The standard InChI is InChI=1S/C18H30N2/c1-16(2)9-10-18(17-7-5-4-6-8-17)15-20-13-11-19(3)12-14-20/h4-8,16,18H,9-15H2,1-3H3. The van der Waals surface area contributed by atoms with E-state index in [1.54, 1.807) is 0 Å². The summed E-state index contributed by atoms with van der Waals surface area (Å²) >= 11 is 0. The first-order chi connectivity index (χ1) is 9.65. The minimum Gasteiger partial charge on any atom is -0.304 e. The lowest BCUT2D eigenvalue weighted by Crippen LogP contribution is -2.45. The van der Waals surface area contributed by atoms with Crippen LogP contribution in [0.4, 0.5) is 0 Å². The largest absolute Gasteiger partial charge is 0.304 e. The molecule has 0 amide bonds. The SMILES string of the molecule is CC(C)CCC(CN1CCN(C)CC1)c1ccccc1. The van der Waals surface area contributed by atoms with Crippen LogP contribution in [0.2, 0.25) is 0 Å². The summed E-state index contributed by atoms with van der Waals surface area (Å²) in [5, 5.41) is 0. The van der Waals surface area contributed by atoms with Gasteiger partial charge in [0.1, 0.15) is 0 Å². The summed E-state index contributed by atoms with van der Waals surface area (Å²) < 4.78 is 0. The molecule has 0 saturated carbocycles. The van der Waals surface area contributed by atoms with Crippen molar-refractivity contribution in [2.24, 2.45) is 5.92 Å². The van der Waals surface area contributed by atoms with Crippen LogP contribution < -0.4 is 0 Å². The van der Waals surface area contributed by atoms with Crippen LogP contribution in [0.15, 0.2) is 30.3 Å². The average Bonchev–Trinajstić information content (AvgIpc) is 2.46. The molecule has 112 valence electrons. The molecule has 1 aromatic carbocycles. The van der Waals surface area contributed by atoms with E-state index in [0.717, 1.165) is 5.92 Å². The lowest BCUT2D eigenvalue weighted by molar-refractivity contribution is 0.144. The molecule has 1 aliphatic heterocycles. The van der Waals surface area contributed by atoms with Gasteiger partial charge in [-0.05, 0) is 30.9 Å². The van der Waals surface area contributed by atoms with Crippen LogP contribution in [0.3, 0.4) is 0 Å². The molecular formula is C18H30N2. The van der Waals surface area contributed by atoms with Crippen molar-refractivity contribution in [3.05, 3.63) is 35.9 Å². The molecular weight excluding hydrogens is 244 g/mol. The highest BCUT2D eigenvalue weighted by molar-refractivity contribution is 5.20. The van der Waals surface area contributed by atoms with Crippen LogP contribution in [0.5, 0.6) is 0 Å². The van der Waals surface area contributed by atoms with Crippen molar-refractivity contribution in [1.29, 1.82) is 0 Å². The number of hydrogen-bond acceptors (Lipinski definition) is 2. The van der Waals surface area contributed by atoms with Crippen molar-refractivity contribution in [1.82, 2.24) is 9.80 Å². The van der Waals surface area contributed by atoms with E-state index in [4.69, 9.17) is 0 Å². The molecule has 2 heteroatoms. The van der Waals surface area contributed by atoms with Gasteiger partial charge in [0.25, 0.3) is 0 Å². The smallest absolute Gasteiger partial charge is 0.0110 e. The van der Waals surface area contributed by atoms with Gasteiger partial charge in [0.15, 0.2) is 0 Å². The molecule has 20 heavy (non-hydrogen) atoms. The third kappa shape index (κ3) is 4.92. The molecule has 2 nitrogen and oxygen atoms in total. The van der Waals surface area contributed by atoms with E-state index >= 15 is 0 Å². The van der Waals surface area contributed by atoms with Crippen LogP contribution in [0, 0.1) is 5.92 Å². The molecule has 1 aliphatic rings. The molecule has 2 rings (SSSR count). The van der Waals surface area contributed by atoms with E-state index in [-0.39, 0.29) is 0 Å². The molecule has 0 aromatic heterocycles. The molecule has 1 fully saturated rings. The van der Waals surface area contributed by atoms with Crippen molar-refractivity contribution in [2.75, 3.05) is 39.8 Å². The first kappa shape index (κ1) is 15.5. The summed E-state index contributed by atoms with van der Waals surface area (Å²) in [4.78, 5) is 5.08. The zero-order valence-corrected chi connectivity index (χ0v) is 13.4. The van der Waals surface area contributed by atoms with Crippen molar-refractivity contribution in [3.8, 4) is 0 Å². The molecule has 0 bridgehead atoms. The van der Waals surface area contributed by atoms with Crippen LogP contribution in [-0.2, 0) is 0 Å². The van der Waals surface area contributed by atoms with Gasteiger partial charge in [0, 0.05) is 32.7 Å². The van der Waals surface area contributed by atoms with Gasteiger partial charge in [0.05, 0.1) is 0 Å². The second-order valence-electron chi connectivity index (χ2n) is 6.68. The van der Waals surface area contributed by atoms with Gasteiger partial charge in [-0.25, -0.2) is 0 Å². The van der Waals surface area contributed by atoms with Crippen molar-refractivity contribution in [2.45, 2.75) is 32.6 Å². The average molecular weight is 274 g/mol. The predicted molar refractivity (Wildman–Crippen MR) is 87.2 cm³/mol. The molecule has 0 aliphatic carbocycles. The van der Waals surface area contributed by atoms with E-state index in [2.05, 4.69) is 61.0 Å². The summed E-state index contributed by atoms with van der Waals surface area (Å²) in [5.74, 6) is 1.50. The van der Waals surface area contributed by atoms with E-state index in [9.17, 15) is 0 Å². The summed E-state index contributed by atoms with van der Waals surface area (Å²) in [5.41, 5.74) is 1.52. The summed E-state index contributed by atoms with van der Waals surface area (Å²) in [6, 6.07) is 11.1. The Kier molecular flexibility index (Phi) is 6.06. The number of nitrogens with zero attached hydrogens (tertiary/aromatic N) is 2. The topological polar surface area (TPSA) is 6.48 Å². The number of benzene rings is 1. The van der Waals surface area contributed by atoms with Crippen molar-refractivity contribution < 1.29 is 0 Å². The maximum absolute atomic E-state index is 2.65. The summed E-state index contributed by atoms with van der Waals surface area (Å²) in [6.07, 6.45) is 2.64. The highest BCUT2D eigenvalue weighted by Gasteiger charge is 2.19. The van der Waals surface area contributed by atoms with Gasteiger partial charge in [-0.3, -0.25) is 0 Å². The minimum atomic E-state index is 0.696. The minimum absolute atomic E-state index is 0.696. The second kappa shape index (κ2) is 7.80. The lowest BCUT2D eigenvalue weighted by atomic mass is 9.90.